The topological polar surface area (TPSA) is 68.7 Å². The minimum Gasteiger partial charge on any atom is -0.477 e. The number of ether oxygens (including phenoxy) is 2. The van der Waals surface area contributed by atoms with Gasteiger partial charge in [-0.2, -0.15) is 0 Å². The first-order valence-electron chi connectivity index (χ1n) is 4.64. The molecule has 1 aromatic rings. The largest absolute Gasteiger partial charge is 0.477 e. The molecule has 2 rings (SSSR count). The fraction of sp³-hybridized carbons (Fsp3) is 0.400. The van der Waals surface area contributed by atoms with E-state index in [0.717, 1.165) is 0 Å². The van der Waals surface area contributed by atoms with Crippen LogP contribution < -0.4 is 0 Å². The van der Waals surface area contributed by atoms with E-state index >= 15 is 0 Å². The lowest BCUT2D eigenvalue weighted by molar-refractivity contribution is -0.135. The number of nitrogens with zero attached hydrogens (tertiary/aromatic N) is 1. The standard InChI is InChI=1S/C10H11NO4/c12-10(13)9-7(2-1-3-11-9)4-15-8-5-14-6-8/h1-3,8H,4-6H2,(H,12,13). The van der Waals surface area contributed by atoms with Crippen molar-refractivity contribution in [1.82, 2.24) is 4.98 Å². The Morgan fingerprint density at radius 1 is 1.67 bits per heavy atom. The van der Waals surface area contributed by atoms with Gasteiger partial charge in [0.15, 0.2) is 5.69 Å². The van der Waals surface area contributed by atoms with E-state index in [0.29, 0.717) is 18.8 Å². The lowest BCUT2D eigenvalue weighted by atomic mass is 10.2. The number of hydrogen-bond donors (Lipinski definition) is 1. The first-order valence-corrected chi connectivity index (χ1v) is 4.64. The number of pyridine rings is 1. The highest BCUT2D eigenvalue weighted by Gasteiger charge is 2.20. The molecule has 0 radical (unpaired) electrons. The number of carbonyl (C=O) groups is 1. The molecule has 0 spiro atoms. The van der Waals surface area contributed by atoms with Gasteiger partial charge in [0.25, 0.3) is 0 Å². The van der Waals surface area contributed by atoms with Gasteiger partial charge in [-0.25, -0.2) is 9.78 Å². The van der Waals surface area contributed by atoms with Gasteiger partial charge < -0.3 is 14.6 Å². The van der Waals surface area contributed by atoms with Crippen LogP contribution in [-0.4, -0.2) is 35.4 Å². The van der Waals surface area contributed by atoms with E-state index in [2.05, 4.69) is 4.98 Å². The van der Waals surface area contributed by atoms with Crippen LogP contribution in [0.25, 0.3) is 0 Å². The Morgan fingerprint density at radius 3 is 3.07 bits per heavy atom. The third-order valence-electron chi connectivity index (χ3n) is 2.18. The first kappa shape index (κ1) is 10.1. The van der Waals surface area contributed by atoms with Crippen LogP contribution in [0.2, 0.25) is 0 Å². The Hall–Kier alpha value is -1.46. The summed E-state index contributed by atoms with van der Waals surface area (Å²) in [6.07, 6.45) is 1.55. The van der Waals surface area contributed by atoms with Crippen molar-refractivity contribution in [2.45, 2.75) is 12.7 Å². The van der Waals surface area contributed by atoms with E-state index in [4.69, 9.17) is 14.6 Å². The average molecular weight is 209 g/mol. The van der Waals surface area contributed by atoms with Gasteiger partial charge in [-0.15, -0.1) is 0 Å². The highest BCUT2D eigenvalue weighted by molar-refractivity contribution is 5.86. The molecule has 15 heavy (non-hydrogen) atoms. The average Bonchev–Trinajstić information content (AvgIpc) is 2.16. The van der Waals surface area contributed by atoms with E-state index in [1.807, 2.05) is 0 Å². The van der Waals surface area contributed by atoms with Gasteiger partial charge in [0.1, 0.15) is 6.10 Å². The first-order chi connectivity index (χ1) is 7.27. The zero-order valence-corrected chi connectivity index (χ0v) is 8.05. The monoisotopic (exact) mass is 209 g/mol. The van der Waals surface area contributed by atoms with Gasteiger partial charge in [0, 0.05) is 11.8 Å². The van der Waals surface area contributed by atoms with Crippen LogP contribution in [0.3, 0.4) is 0 Å². The summed E-state index contributed by atoms with van der Waals surface area (Å²) < 4.78 is 10.4. The van der Waals surface area contributed by atoms with Crippen LogP contribution in [0, 0.1) is 0 Å². The Balaban J connectivity index is 2.02. The summed E-state index contributed by atoms with van der Waals surface area (Å²) in [5.41, 5.74) is 0.648. The van der Waals surface area contributed by atoms with Gasteiger partial charge >= 0.3 is 5.97 Å². The molecule has 0 saturated carbocycles. The SMILES string of the molecule is O=C(O)c1ncccc1COC1COC1. The van der Waals surface area contributed by atoms with Crippen molar-refractivity contribution in [3.63, 3.8) is 0 Å². The second-order valence-corrected chi connectivity index (χ2v) is 3.29. The highest BCUT2D eigenvalue weighted by atomic mass is 16.6. The number of aromatic nitrogens is 1. The van der Waals surface area contributed by atoms with Crippen molar-refractivity contribution >= 4 is 5.97 Å². The number of rotatable bonds is 4. The molecular weight excluding hydrogens is 198 g/mol. The van der Waals surface area contributed by atoms with Crippen molar-refractivity contribution in [3.8, 4) is 0 Å². The summed E-state index contributed by atoms with van der Waals surface area (Å²) >= 11 is 0. The molecule has 1 saturated heterocycles. The van der Waals surface area contributed by atoms with Crippen LogP contribution in [0.15, 0.2) is 18.3 Å². The number of carboxylic acid groups (broad SMARTS) is 1. The van der Waals surface area contributed by atoms with Crippen LogP contribution >= 0.6 is 0 Å². The fourth-order valence-electron chi connectivity index (χ4n) is 1.27. The smallest absolute Gasteiger partial charge is 0.354 e. The Bertz CT molecular complexity index is 362. The van der Waals surface area contributed by atoms with Crippen LogP contribution in [0.1, 0.15) is 16.1 Å². The molecule has 5 heteroatoms. The molecule has 0 aromatic carbocycles. The lowest BCUT2D eigenvalue weighted by Crippen LogP contribution is -2.35. The van der Waals surface area contributed by atoms with Gasteiger partial charge in [0.05, 0.1) is 19.8 Å². The molecule has 1 aromatic heterocycles. The molecule has 0 aliphatic carbocycles. The van der Waals surface area contributed by atoms with Crippen molar-refractivity contribution in [1.29, 1.82) is 0 Å². The summed E-state index contributed by atoms with van der Waals surface area (Å²) in [6.45, 7) is 1.44. The number of carboxylic acids is 1. The van der Waals surface area contributed by atoms with Crippen LogP contribution in [0.5, 0.6) is 0 Å². The lowest BCUT2D eigenvalue weighted by Gasteiger charge is -2.26. The van der Waals surface area contributed by atoms with Crippen LogP contribution in [0.4, 0.5) is 0 Å². The maximum Gasteiger partial charge on any atom is 0.354 e. The summed E-state index contributed by atoms with van der Waals surface area (Å²) in [7, 11) is 0. The molecule has 0 unspecified atom stereocenters. The highest BCUT2D eigenvalue weighted by Crippen LogP contribution is 2.12. The van der Waals surface area contributed by atoms with E-state index < -0.39 is 5.97 Å². The van der Waals surface area contributed by atoms with Gasteiger partial charge in [-0.3, -0.25) is 0 Å². The molecule has 1 fully saturated rings. The quantitative estimate of drug-likeness (QED) is 0.790. The number of hydrogen-bond acceptors (Lipinski definition) is 4. The summed E-state index contributed by atoms with van der Waals surface area (Å²) in [4.78, 5) is 14.6. The Labute approximate surface area is 86.7 Å². The predicted molar refractivity (Wildman–Crippen MR) is 50.6 cm³/mol. The van der Waals surface area contributed by atoms with Crippen molar-refractivity contribution in [2.75, 3.05) is 13.2 Å². The maximum atomic E-state index is 10.8. The summed E-state index contributed by atoms with van der Waals surface area (Å²) in [5.74, 6) is -1.03. The van der Waals surface area contributed by atoms with Gasteiger partial charge in [-0.05, 0) is 6.07 Å². The van der Waals surface area contributed by atoms with E-state index in [-0.39, 0.29) is 18.4 Å². The molecule has 0 amide bonds. The van der Waals surface area contributed by atoms with E-state index in [1.165, 1.54) is 6.20 Å². The minimum atomic E-state index is -1.03. The van der Waals surface area contributed by atoms with Gasteiger partial charge in [-0.1, -0.05) is 6.07 Å². The molecular formula is C10H11NO4. The Morgan fingerprint density at radius 2 is 2.47 bits per heavy atom. The minimum absolute atomic E-state index is 0.0535. The molecule has 1 aliphatic heterocycles. The third kappa shape index (κ3) is 2.31. The molecule has 2 heterocycles. The molecule has 1 aliphatic rings. The fourth-order valence-corrected chi connectivity index (χ4v) is 1.27. The normalized spacial score (nSPS) is 16.0. The van der Waals surface area contributed by atoms with Gasteiger partial charge in [0.2, 0.25) is 0 Å². The molecule has 1 N–H and O–H groups in total. The molecule has 80 valence electrons. The van der Waals surface area contributed by atoms with Crippen LogP contribution in [-0.2, 0) is 16.1 Å². The van der Waals surface area contributed by atoms with E-state index in [9.17, 15) is 4.79 Å². The second kappa shape index (κ2) is 4.37. The van der Waals surface area contributed by atoms with Crippen molar-refractivity contribution < 1.29 is 19.4 Å². The summed E-state index contributed by atoms with van der Waals surface area (Å²) in [6, 6.07) is 3.40. The predicted octanol–water partition coefficient (Wildman–Crippen LogP) is 0.695. The third-order valence-corrected chi connectivity index (χ3v) is 2.18. The second-order valence-electron chi connectivity index (χ2n) is 3.29. The molecule has 0 bridgehead atoms. The molecule has 5 nitrogen and oxygen atoms in total. The van der Waals surface area contributed by atoms with Crippen molar-refractivity contribution in [3.05, 3.63) is 29.6 Å². The molecule has 0 atom stereocenters. The van der Waals surface area contributed by atoms with Crippen molar-refractivity contribution in [2.24, 2.45) is 0 Å². The maximum absolute atomic E-state index is 10.8. The zero-order valence-electron chi connectivity index (χ0n) is 8.05. The number of aromatic carboxylic acids is 1. The van der Waals surface area contributed by atoms with E-state index in [1.54, 1.807) is 12.1 Å². The Kier molecular flexibility index (Phi) is 2.94. The zero-order chi connectivity index (χ0) is 10.7. The summed E-state index contributed by atoms with van der Waals surface area (Å²) in [5, 5.41) is 8.86.